The monoisotopic (exact) mass is 614 g/mol. The molecule has 1 aliphatic heterocycles. The maximum Gasteiger partial charge on any atom is 0.256 e. The second-order valence-electron chi connectivity index (χ2n) is 13.8. The first kappa shape index (κ1) is 30.8. The van der Waals surface area contributed by atoms with Crippen LogP contribution in [0.1, 0.15) is 82.1 Å². The Morgan fingerprint density at radius 1 is 0.933 bits per heavy atom. The van der Waals surface area contributed by atoms with Crippen molar-refractivity contribution < 1.29 is 13.6 Å². The van der Waals surface area contributed by atoms with E-state index in [1.165, 1.54) is 12.1 Å². The third kappa shape index (κ3) is 6.33. The van der Waals surface area contributed by atoms with E-state index in [1.807, 2.05) is 13.0 Å². The van der Waals surface area contributed by atoms with Gasteiger partial charge in [0.1, 0.15) is 17.3 Å². The molecule has 236 valence electrons. The highest BCUT2D eigenvalue weighted by molar-refractivity contribution is 5.98. The number of para-hydroxylation sites is 1. The molecule has 45 heavy (non-hydrogen) atoms. The van der Waals surface area contributed by atoms with Gasteiger partial charge in [0.2, 0.25) is 5.95 Å². The predicted octanol–water partition coefficient (Wildman–Crippen LogP) is 6.43. The maximum atomic E-state index is 15.2. The number of carbonyl (C=O) groups is 1. The van der Waals surface area contributed by atoms with Crippen molar-refractivity contribution in [2.45, 2.75) is 96.3 Å². The number of hydrogen-bond donors (Lipinski definition) is 3. The summed E-state index contributed by atoms with van der Waals surface area (Å²) in [5, 5.41) is 10.7. The molecule has 0 radical (unpaired) electrons. The van der Waals surface area contributed by atoms with Gasteiger partial charge in [-0.05, 0) is 96.2 Å². The Morgan fingerprint density at radius 3 is 2.27 bits per heavy atom. The van der Waals surface area contributed by atoms with Gasteiger partial charge in [0.25, 0.3) is 11.5 Å². The molecule has 3 N–H and O–H groups in total. The molecular formula is C35H40F2N6O2. The number of pyridine rings is 1. The first-order valence-corrected chi connectivity index (χ1v) is 15.7. The number of anilines is 1. The highest BCUT2D eigenvalue weighted by Gasteiger charge is 2.38. The van der Waals surface area contributed by atoms with Gasteiger partial charge >= 0.3 is 0 Å². The molecule has 1 saturated carbocycles. The standard InChI is InChI=1S/C35H40F2N6O2/c1-20-13-14-21(32(45)38-22-9-6-7-10-22)17-25(20)29-24-15-16-28(44)43(30-26(36)11-8-12-27(30)37)31(24)41-33(40-29)39-23-18-34(2,3)42-35(4,5)19-23/h8,11-17,22-23,42H,6-7,9-10,18-19H2,1-5H3,(H,38,45)(H,39,40,41). The normalized spacial score (nSPS) is 18.3. The second kappa shape index (κ2) is 11.6. The van der Waals surface area contributed by atoms with Crippen LogP contribution in [0.2, 0.25) is 0 Å². The summed E-state index contributed by atoms with van der Waals surface area (Å²) in [6.07, 6.45) is 5.67. The van der Waals surface area contributed by atoms with Crippen molar-refractivity contribution >= 4 is 22.9 Å². The third-order valence-corrected chi connectivity index (χ3v) is 8.88. The molecular weight excluding hydrogens is 574 g/mol. The Bertz CT molecular complexity index is 1810. The molecule has 2 aromatic carbocycles. The molecule has 6 rings (SSSR count). The Balaban J connectivity index is 1.54. The molecule has 1 aliphatic carbocycles. The van der Waals surface area contributed by atoms with Crippen LogP contribution in [0.3, 0.4) is 0 Å². The lowest BCUT2D eigenvalue weighted by molar-refractivity contribution is 0.0938. The minimum atomic E-state index is -0.886. The van der Waals surface area contributed by atoms with Crippen LogP contribution < -0.4 is 21.5 Å². The second-order valence-corrected chi connectivity index (χ2v) is 13.8. The van der Waals surface area contributed by atoms with E-state index in [4.69, 9.17) is 9.97 Å². The van der Waals surface area contributed by atoms with Crippen molar-refractivity contribution in [3.05, 3.63) is 81.6 Å². The van der Waals surface area contributed by atoms with Crippen LogP contribution in [-0.4, -0.2) is 43.6 Å². The van der Waals surface area contributed by atoms with E-state index in [9.17, 15) is 9.59 Å². The summed E-state index contributed by atoms with van der Waals surface area (Å²) < 4.78 is 31.3. The molecule has 1 saturated heterocycles. The van der Waals surface area contributed by atoms with Gasteiger partial charge in [0.15, 0.2) is 5.65 Å². The number of amides is 1. The largest absolute Gasteiger partial charge is 0.351 e. The fraction of sp³-hybridized carbons (Fsp3) is 0.429. The Kier molecular flexibility index (Phi) is 7.97. The van der Waals surface area contributed by atoms with Gasteiger partial charge < -0.3 is 16.0 Å². The van der Waals surface area contributed by atoms with Crippen LogP contribution in [0, 0.1) is 18.6 Å². The van der Waals surface area contributed by atoms with E-state index < -0.39 is 22.9 Å². The average Bonchev–Trinajstić information content (AvgIpc) is 3.45. The minimum Gasteiger partial charge on any atom is -0.351 e. The van der Waals surface area contributed by atoms with Crippen LogP contribution >= 0.6 is 0 Å². The summed E-state index contributed by atoms with van der Waals surface area (Å²) >= 11 is 0. The maximum absolute atomic E-state index is 15.2. The molecule has 2 aromatic heterocycles. The molecule has 3 heterocycles. The summed E-state index contributed by atoms with van der Waals surface area (Å²) in [7, 11) is 0. The number of benzene rings is 2. The molecule has 0 spiro atoms. The summed E-state index contributed by atoms with van der Waals surface area (Å²) in [6, 6.07) is 11.9. The van der Waals surface area contributed by atoms with Gasteiger partial charge in [-0.1, -0.05) is 25.0 Å². The number of nitrogens with zero attached hydrogens (tertiary/aromatic N) is 3. The topological polar surface area (TPSA) is 101 Å². The van der Waals surface area contributed by atoms with Gasteiger partial charge in [-0.3, -0.25) is 14.2 Å². The lowest BCUT2D eigenvalue weighted by Gasteiger charge is -2.46. The Hall–Kier alpha value is -4.18. The molecule has 10 heteroatoms. The highest BCUT2D eigenvalue weighted by atomic mass is 19.1. The summed E-state index contributed by atoms with van der Waals surface area (Å²) in [6.45, 7) is 10.5. The third-order valence-electron chi connectivity index (χ3n) is 8.88. The molecule has 2 fully saturated rings. The molecule has 4 aromatic rings. The zero-order valence-electron chi connectivity index (χ0n) is 26.4. The van der Waals surface area contributed by atoms with Crippen molar-refractivity contribution in [1.82, 2.24) is 25.2 Å². The minimum absolute atomic E-state index is 0.0275. The molecule has 2 aliphatic rings. The number of aryl methyl sites for hydroxylation is 1. The number of hydrogen-bond acceptors (Lipinski definition) is 6. The van der Waals surface area contributed by atoms with Crippen LogP contribution in [0.4, 0.5) is 14.7 Å². The van der Waals surface area contributed by atoms with Crippen LogP contribution in [0.5, 0.6) is 0 Å². The van der Waals surface area contributed by atoms with Gasteiger partial charge in [-0.15, -0.1) is 0 Å². The zero-order valence-corrected chi connectivity index (χ0v) is 26.4. The lowest BCUT2D eigenvalue weighted by atomic mass is 9.80. The smallest absolute Gasteiger partial charge is 0.256 e. The summed E-state index contributed by atoms with van der Waals surface area (Å²) in [5.41, 5.74) is 1.03. The van der Waals surface area contributed by atoms with Crippen molar-refractivity contribution in [3.63, 3.8) is 0 Å². The van der Waals surface area contributed by atoms with Crippen molar-refractivity contribution in [3.8, 4) is 16.9 Å². The van der Waals surface area contributed by atoms with E-state index in [2.05, 4.69) is 43.6 Å². The Labute approximate surface area is 261 Å². The molecule has 0 atom stereocenters. The highest BCUT2D eigenvalue weighted by Crippen LogP contribution is 2.34. The fourth-order valence-electron chi connectivity index (χ4n) is 7.27. The number of fused-ring (bicyclic) bond motifs is 1. The molecule has 1 amide bonds. The quantitative estimate of drug-likeness (QED) is 0.232. The number of piperidine rings is 1. The van der Waals surface area contributed by atoms with Gasteiger partial charge in [0, 0.05) is 45.7 Å². The van der Waals surface area contributed by atoms with Gasteiger partial charge in [0.05, 0.1) is 5.69 Å². The lowest BCUT2D eigenvalue weighted by Crippen LogP contribution is -2.60. The fourth-order valence-corrected chi connectivity index (χ4v) is 7.27. The first-order valence-electron chi connectivity index (χ1n) is 15.7. The van der Waals surface area contributed by atoms with Crippen molar-refractivity contribution in [2.75, 3.05) is 5.32 Å². The van der Waals surface area contributed by atoms with Gasteiger partial charge in [-0.2, -0.15) is 4.98 Å². The molecule has 0 bridgehead atoms. The Morgan fingerprint density at radius 2 is 1.60 bits per heavy atom. The van der Waals surface area contributed by atoms with Crippen LogP contribution in [0.25, 0.3) is 28.0 Å². The molecule has 8 nitrogen and oxygen atoms in total. The van der Waals surface area contributed by atoms with Crippen molar-refractivity contribution in [1.29, 1.82) is 0 Å². The van der Waals surface area contributed by atoms with Crippen LogP contribution in [-0.2, 0) is 0 Å². The number of aromatic nitrogens is 3. The number of carbonyl (C=O) groups excluding carboxylic acids is 1. The zero-order chi connectivity index (χ0) is 32.1. The van der Waals surface area contributed by atoms with E-state index >= 15 is 8.78 Å². The van der Waals surface area contributed by atoms with Gasteiger partial charge in [-0.25, -0.2) is 13.8 Å². The van der Waals surface area contributed by atoms with E-state index in [0.29, 0.717) is 22.2 Å². The number of nitrogens with one attached hydrogen (secondary N) is 3. The molecule has 0 unspecified atom stereocenters. The van der Waals surface area contributed by atoms with Crippen LogP contribution in [0.15, 0.2) is 53.3 Å². The average molecular weight is 615 g/mol. The number of rotatable bonds is 6. The van der Waals surface area contributed by atoms with E-state index in [0.717, 1.165) is 60.8 Å². The van der Waals surface area contributed by atoms with E-state index in [-0.39, 0.29) is 40.7 Å². The predicted molar refractivity (Wildman–Crippen MR) is 173 cm³/mol. The number of halogens is 2. The first-order chi connectivity index (χ1) is 21.3. The SMILES string of the molecule is Cc1ccc(C(=O)NC2CCCC2)cc1-c1nc(NC2CC(C)(C)NC(C)(C)C2)nc2c1ccc(=O)n2-c1c(F)cccc1F. The van der Waals surface area contributed by atoms with E-state index in [1.54, 1.807) is 18.2 Å². The summed E-state index contributed by atoms with van der Waals surface area (Å²) in [5.74, 6) is -1.71. The summed E-state index contributed by atoms with van der Waals surface area (Å²) in [4.78, 5) is 36.3. The van der Waals surface area contributed by atoms with Crippen molar-refractivity contribution in [2.24, 2.45) is 0 Å².